The summed E-state index contributed by atoms with van der Waals surface area (Å²) in [5.74, 6) is 0.658. The van der Waals surface area contributed by atoms with E-state index in [2.05, 4.69) is 0 Å². The first kappa shape index (κ1) is 13.2. The number of quaternary nitrogens is 1. The highest BCUT2D eigenvalue weighted by atomic mass is 17.2. The summed E-state index contributed by atoms with van der Waals surface area (Å²) in [6.45, 7) is 2.44. The van der Waals surface area contributed by atoms with Gasteiger partial charge in [-0.3, -0.25) is 0 Å². The monoisotopic (exact) mass is 246 g/mol. The largest absolute Gasteiger partial charge is 0.236 e. The fourth-order valence-corrected chi connectivity index (χ4v) is 2.83. The molecule has 0 radical (unpaired) electrons. The average Bonchev–Trinajstić information content (AvgIpc) is 2.81. The van der Waals surface area contributed by atoms with Crippen LogP contribution in [-0.4, -0.2) is 45.8 Å². The third-order valence-electron chi connectivity index (χ3n) is 4.34. The molecule has 0 bridgehead atoms. The molecule has 0 aromatic heterocycles. The molecular formula is C12H24NO4+. The predicted octanol–water partition coefficient (Wildman–Crippen LogP) is 1.69. The fourth-order valence-electron chi connectivity index (χ4n) is 2.83. The number of hydrogen-bond acceptors (Lipinski definition) is 4. The van der Waals surface area contributed by atoms with Gasteiger partial charge in [0.2, 0.25) is 0 Å². The van der Waals surface area contributed by atoms with Crippen LogP contribution >= 0.6 is 0 Å². The van der Waals surface area contributed by atoms with E-state index in [4.69, 9.17) is 19.5 Å². The molecule has 2 aliphatic rings. The van der Waals surface area contributed by atoms with Crippen LogP contribution in [0.1, 0.15) is 25.7 Å². The molecule has 0 amide bonds. The predicted molar refractivity (Wildman–Crippen MR) is 61.4 cm³/mol. The molecule has 1 heterocycles. The zero-order chi connectivity index (χ0) is 12.4. The summed E-state index contributed by atoms with van der Waals surface area (Å²) in [6.07, 6.45) is 4.77. The molecule has 17 heavy (non-hydrogen) atoms. The summed E-state index contributed by atoms with van der Waals surface area (Å²) in [7, 11) is 5.32. The van der Waals surface area contributed by atoms with E-state index in [-0.39, 0.29) is 4.81 Å². The third kappa shape index (κ3) is 2.98. The van der Waals surface area contributed by atoms with Gasteiger partial charge in [0.05, 0.1) is 27.4 Å². The quantitative estimate of drug-likeness (QED) is 0.430. The first-order chi connectivity index (χ1) is 8.11. The maximum atomic E-state index is 5.37. The molecule has 2 rings (SSSR count). The van der Waals surface area contributed by atoms with Gasteiger partial charge >= 0.3 is 0 Å². The van der Waals surface area contributed by atoms with Gasteiger partial charge in [0.1, 0.15) is 13.6 Å². The van der Waals surface area contributed by atoms with Crippen LogP contribution in [0.3, 0.4) is 0 Å². The average molecular weight is 246 g/mol. The molecule has 0 aromatic carbocycles. The smallest absolute Gasteiger partial charge is 0.145 e. The van der Waals surface area contributed by atoms with E-state index in [1.54, 1.807) is 14.2 Å². The van der Waals surface area contributed by atoms with E-state index in [0.29, 0.717) is 11.3 Å². The maximum absolute atomic E-state index is 5.37. The first-order valence-electron chi connectivity index (χ1n) is 6.33. The minimum Gasteiger partial charge on any atom is -0.236 e. The lowest BCUT2D eigenvalue weighted by Crippen LogP contribution is -2.46. The van der Waals surface area contributed by atoms with Crippen molar-refractivity contribution in [2.24, 2.45) is 11.3 Å². The topological polar surface area (TPSA) is 36.9 Å². The van der Waals surface area contributed by atoms with Gasteiger partial charge in [0, 0.05) is 11.3 Å². The Balaban J connectivity index is 1.82. The van der Waals surface area contributed by atoms with Crippen molar-refractivity contribution in [2.45, 2.75) is 25.7 Å². The Morgan fingerprint density at radius 1 is 1.12 bits per heavy atom. The van der Waals surface area contributed by atoms with Gasteiger partial charge in [-0.25, -0.2) is 9.78 Å². The van der Waals surface area contributed by atoms with Crippen LogP contribution in [0.25, 0.3) is 0 Å². The zero-order valence-electron chi connectivity index (χ0n) is 11.1. The summed E-state index contributed by atoms with van der Waals surface area (Å²) in [5.41, 5.74) is 0.292. The van der Waals surface area contributed by atoms with Crippen LogP contribution in [0.5, 0.6) is 0 Å². The fraction of sp³-hybridized carbons (Fsp3) is 1.00. The molecule has 0 atom stereocenters. The van der Waals surface area contributed by atoms with Crippen molar-refractivity contribution in [2.75, 3.05) is 41.0 Å². The summed E-state index contributed by atoms with van der Waals surface area (Å²) in [5, 5.41) is 0. The van der Waals surface area contributed by atoms with Crippen LogP contribution in [0.2, 0.25) is 0 Å². The summed E-state index contributed by atoms with van der Waals surface area (Å²) in [6, 6.07) is 0. The van der Waals surface area contributed by atoms with E-state index in [9.17, 15) is 0 Å². The van der Waals surface area contributed by atoms with Gasteiger partial charge in [-0.05, 0) is 30.5 Å². The van der Waals surface area contributed by atoms with Gasteiger partial charge in [-0.15, -0.1) is 0 Å². The Labute approximate surface area is 103 Å². The molecule has 1 saturated heterocycles. The molecule has 2 fully saturated rings. The maximum Gasteiger partial charge on any atom is 0.145 e. The van der Waals surface area contributed by atoms with Crippen molar-refractivity contribution < 1.29 is 24.3 Å². The van der Waals surface area contributed by atoms with Crippen molar-refractivity contribution in [3.05, 3.63) is 0 Å². The second kappa shape index (κ2) is 5.20. The minimum atomic E-state index is 0.227. The standard InChI is InChI=1S/C12H24NO4/c1-13(14-2,15-3)8-11-4-6-12(7-5-11)9-16-17-10-12/h11H,4-10H2,1-3H3/q+1. The van der Waals surface area contributed by atoms with Crippen molar-refractivity contribution in [1.82, 2.24) is 0 Å². The number of hydrogen-bond donors (Lipinski definition) is 0. The Bertz CT molecular complexity index is 239. The van der Waals surface area contributed by atoms with Crippen LogP contribution in [0.15, 0.2) is 0 Å². The highest BCUT2D eigenvalue weighted by molar-refractivity contribution is 4.86. The minimum absolute atomic E-state index is 0.227. The van der Waals surface area contributed by atoms with Crippen LogP contribution in [0.4, 0.5) is 0 Å². The lowest BCUT2D eigenvalue weighted by molar-refractivity contribution is -1.23. The number of rotatable bonds is 4. The molecular weight excluding hydrogens is 222 g/mol. The van der Waals surface area contributed by atoms with Gasteiger partial charge < -0.3 is 0 Å². The second-order valence-electron chi connectivity index (χ2n) is 5.53. The molecule has 1 spiro atoms. The molecule has 5 heteroatoms. The molecule has 5 nitrogen and oxygen atoms in total. The Hall–Kier alpha value is -0.200. The highest BCUT2D eigenvalue weighted by Gasteiger charge is 2.42. The number of nitrogens with zero attached hydrogens (tertiary/aromatic N) is 1. The first-order valence-corrected chi connectivity index (χ1v) is 6.33. The van der Waals surface area contributed by atoms with Crippen molar-refractivity contribution in [1.29, 1.82) is 0 Å². The second-order valence-corrected chi connectivity index (χ2v) is 5.53. The van der Waals surface area contributed by atoms with E-state index in [0.717, 1.165) is 19.8 Å². The van der Waals surface area contributed by atoms with E-state index >= 15 is 0 Å². The van der Waals surface area contributed by atoms with Crippen LogP contribution < -0.4 is 0 Å². The lowest BCUT2D eigenvalue weighted by Gasteiger charge is -2.36. The lowest BCUT2D eigenvalue weighted by atomic mass is 9.71. The van der Waals surface area contributed by atoms with E-state index in [1.807, 2.05) is 7.05 Å². The Morgan fingerprint density at radius 2 is 1.65 bits per heavy atom. The Morgan fingerprint density at radius 3 is 2.12 bits per heavy atom. The Kier molecular flexibility index (Phi) is 4.05. The SMILES string of the molecule is CO[N+](C)(CC1CCC2(CC1)COOC2)OC. The van der Waals surface area contributed by atoms with E-state index in [1.165, 1.54) is 25.7 Å². The summed E-state index contributed by atoms with van der Waals surface area (Å²) >= 11 is 0. The zero-order valence-corrected chi connectivity index (χ0v) is 11.1. The molecule has 1 aliphatic carbocycles. The molecule has 0 aromatic rings. The van der Waals surface area contributed by atoms with Gasteiger partial charge in [0.15, 0.2) is 0 Å². The molecule has 0 unspecified atom stereocenters. The summed E-state index contributed by atoms with van der Waals surface area (Å²) < 4.78 is 0. The van der Waals surface area contributed by atoms with Crippen LogP contribution in [-0.2, 0) is 19.5 Å². The van der Waals surface area contributed by atoms with Crippen molar-refractivity contribution >= 4 is 0 Å². The molecule has 1 aliphatic heterocycles. The summed E-state index contributed by atoms with van der Waals surface area (Å²) in [4.78, 5) is 21.1. The van der Waals surface area contributed by atoms with Gasteiger partial charge in [-0.1, -0.05) is 0 Å². The number of hydroxylamine groups is 4. The van der Waals surface area contributed by atoms with Gasteiger partial charge in [0.25, 0.3) is 0 Å². The molecule has 100 valence electrons. The van der Waals surface area contributed by atoms with Crippen molar-refractivity contribution in [3.8, 4) is 0 Å². The normalized spacial score (nSPS) is 25.6. The van der Waals surface area contributed by atoms with Crippen LogP contribution in [0, 0.1) is 11.3 Å². The molecule has 1 saturated carbocycles. The van der Waals surface area contributed by atoms with Crippen molar-refractivity contribution in [3.63, 3.8) is 0 Å². The van der Waals surface area contributed by atoms with E-state index < -0.39 is 0 Å². The van der Waals surface area contributed by atoms with Gasteiger partial charge in [-0.2, -0.15) is 9.68 Å². The highest BCUT2D eigenvalue weighted by Crippen LogP contribution is 2.42. The molecule has 0 N–H and O–H groups in total. The third-order valence-corrected chi connectivity index (χ3v) is 4.34.